The molecule has 0 aliphatic heterocycles. The van der Waals surface area contributed by atoms with Crippen molar-refractivity contribution in [3.05, 3.63) is 41.5 Å². The van der Waals surface area contributed by atoms with Crippen LogP contribution in [-0.4, -0.2) is 12.6 Å². The highest BCUT2D eigenvalue weighted by Gasteiger charge is 2.18. The molecule has 1 aromatic rings. The van der Waals surface area contributed by atoms with Crippen LogP contribution in [0.25, 0.3) is 5.76 Å². The van der Waals surface area contributed by atoms with Gasteiger partial charge in [0, 0.05) is 6.99 Å². The first-order valence-electron chi connectivity index (χ1n) is 6.39. The van der Waals surface area contributed by atoms with Crippen molar-refractivity contribution in [2.45, 2.75) is 46.6 Å². The van der Waals surface area contributed by atoms with Crippen molar-refractivity contribution in [3.8, 4) is 0 Å². The Labute approximate surface area is 113 Å². The molecule has 0 radical (unpaired) electrons. The van der Waals surface area contributed by atoms with E-state index in [2.05, 4.69) is 65.1 Å². The van der Waals surface area contributed by atoms with Gasteiger partial charge >= 0.3 is 0 Å². The van der Waals surface area contributed by atoms with Crippen molar-refractivity contribution in [2.24, 2.45) is 5.73 Å². The second kappa shape index (κ2) is 7.22. The van der Waals surface area contributed by atoms with Crippen molar-refractivity contribution < 1.29 is 6.16 Å². The zero-order valence-corrected chi connectivity index (χ0v) is 12.6. The lowest BCUT2D eigenvalue weighted by atomic mass is 10.0. The number of aryl methyl sites for hydroxylation is 2. The Bertz CT molecular complexity index is 400. The van der Waals surface area contributed by atoms with E-state index < -0.39 is 0 Å². The van der Waals surface area contributed by atoms with Crippen LogP contribution in [-0.2, 0) is 4.74 Å². The van der Waals surface area contributed by atoms with Crippen LogP contribution in [0.4, 0.5) is 0 Å². The minimum Gasteiger partial charge on any atom is -0.488 e. The zero-order chi connectivity index (χ0) is 14.3. The summed E-state index contributed by atoms with van der Waals surface area (Å²) in [5, 5.41) is 0. The van der Waals surface area contributed by atoms with Crippen molar-refractivity contribution >= 4 is 5.76 Å². The fourth-order valence-corrected chi connectivity index (χ4v) is 1.59. The van der Waals surface area contributed by atoms with Crippen LogP contribution >= 0.6 is 0 Å². The van der Waals surface area contributed by atoms with Crippen molar-refractivity contribution in [3.63, 3.8) is 0 Å². The van der Waals surface area contributed by atoms with Gasteiger partial charge < -0.3 is 10.5 Å². The molecule has 1 rings (SSSR count). The molecule has 0 bridgehead atoms. The van der Waals surface area contributed by atoms with Gasteiger partial charge in [0.1, 0.15) is 11.4 Å². The molecule has 0 heterocycles. The summed E-state index contributed by atoms with van der Waals surface area (Å²) in [6.07, 6.45) is 0.969. The van der Waals surface area contributed by atoms with Gasteiger partial charge in [-0.05, 0) is 46.7 Å². The highest BCUT2D eigenvalue weighted by atomic mass is 16.5. The molecule has 0 fully saturated rings. The maximum atomic E-state index is 5.90. The Morgan fingerprint density at radius 2 is 1.89 bits per heavy atom. The Morgan fingerprint density at radius 3 is 2.33 bits per heavy atom. The molecule has 104 valence electrons. The summed E-state index contributed by atoms with van der Waals surface area (Å²) in [5.41, 5.74) is 7.95. The van der Waals surface area contributed by atoms with Crippen molar-refractivity contribution in [1.29, 1.82) is 0 Å². The Morgan fingerprint density at radius 1 is 1.33 bits per heavy atom. The molecule has 0 aliphatic rings. The lowest BCUT2D eigenvalue weighted by molar-refractivity contribution is 0.0737. The van der Waals surface area contributed by atoms with Gasteiger partial charge in [-0.15, -0.1) is 0 Å². The SMILES string of the molecule is C=C(OC(C)(C)CC)c1ccc(C)cc1C.CN.[HH]. The predicted octanol–water partition coefficient (Wildman–Crippen LogP) is 4.30. The molecule has 2 heteroatoms. The van der Waals surface area contributed by atoms with Gasteiger partial charge in [-0.1, -0.05) is 37.3 Å². The van der Waals surface area contributed by atoms with Crippen LogP contribution in [0.15, 0.2) is 24.8 Å². The normalized spacial score (nSPS) is 10.4. The van der Waals surface area contributed by atoms with Crippen LogP contribution in [0.2, 0.25) is 0 Å². The molecular formula is C16H29NO. The molecule has 0 aromatic heterocycles. The Balaban J connectivity index is 0. The maximum absolute atomic E-state index is 5.90. The fourth-order valence-electron chi connectivity index (χ4n) is 1.59. The van der Waals surface area contributed by atoms with Gasteiger partial charge in [0.25, 0.3) is 0 Å². The van der Waals surface area contributed by atoms with E-state index in [0.29, 0.717) is 0 Å². The minimum absolute atomic E-state index is 0. The third-order valence-electron chi connectivity index (χ3n) is 2.93. The van der Waals surface area contributed by atoms with Crippen molar-refractivity contribution in [1.82, 2.24) is 0 Å². The van der Waals surface area contributed by atoms with E-state index in [1.54, 1.807) is 0 Å². The van der Waals surface area contributed by atoms with E-state index in [9.17, 15) is 0 Å². The predicted molar refractivity (Wildman–Crippen MR) is 82.6 cm³/mol. The molecule has 0 spiro atoms. The van der Waals surface area contributed by atoms with E-state index in [0.717, 1.165) is 17.7 Å². The zero-order valence-electron chi connectivity index (χ0n) is 12.6. The number of ether oxygens (including phenoxy) is 1. The lowest BCUT2D eigenvalue weighted by Crippen LogP contribution is -2.22. The number of benzene rings is 1. The highest BCUT2D eigenvalue weighted by Crippen LogP contribution is 2.26. The van der Waals surface area contributed by atoms with Crippen LogP contribution in [0.1, 0.15) is 45.3 Å². The summed E-state index contributed by atoms with van der Waals surface area (Å²) in [7, 11) is 1.50. The first kappa shape index (κ1) is 16.7. The maximum Gasteiger partial charge on any atom is 0.120 e. The first-order chi connectivity index (χ1) is 8.35. The average Bonchev–Trinajstić information content (AvgIpc) is 2.30. The number of hydrogen-bond donors (Lipinski definition) is 1. The molecule has 0 saturated carbocycles. The fraction of sp³-hybridized carbons (Fsp3) is 0.500. The van der Waals surface area contributed by atoms with E-state index in [1.807, 2.05) is 0 Å². The lowest BCUT2D eigenvalue weighted by Gasteiger charge is -2.26. The van der Waals surface area contributed by atoms with Gasteiger partial charge in [0.05, 0.1) is 0 Å². The second-order valence-electron chi connectivity index (χ2n) is 4.96. The number of rotatable bonds is 4. The van der Waals surface area contributed by atoms with Gasteiger partial charge in [0.15, 0.2) is 0 Å². The summed E-state index contributed by atoms with van der Waals surface area (Å²) in [6.45, 7) is 14.5. The van der Waals surface area contributed by atoms with E-state index in [-0.39, 0.29) is 7.03 Å². The van der Waals surface area contributed by atoms with Crippen LogP contribution in [0, 0.1) is 13.8 Å². The second-order valence-corrected chi connectivity index (χ2v) is 4.96. The van der Waals surface area contributed by atoms with Crippen LogP contribution in [0.5, 0.6) is 0 Å². The van der Waals surface area contributed by atoms with Crippen molar-refractivity contribution in [2.75, 3.05) is 7.05 Å². The minimum atomic E-state index is -0.144. The molecule has 0 amide bonds. The monoisotopic (exact) mass is 251 g/mol. The standard InChI is InChI=1S/C15H22O.CH5N.H2/c1-7-15(5,6)16-13(4)14-9-8-11(2)10-12(14)3;1-2;/h8-10H,4,7H2,1-3,5-6H3;2H2,1H3;1H. The number of nitrogens with two attached hydrogens (primary N) is 1. The summed E-state index contributed by atoms with van der Waals surface area (Å²) < 4.78 is 5.90. The Kier molecular flexibility index (Phi) is 6.71. The van der Waals surface area contributed by atoms with Crippen LogP contribution < -0.4 is 5.73 Å². The first-order valence-corrected chi connectivity index (χ1v) is 6.39. The van der Waals surface area contributed by atoms with Gasteiger partial charge in [-0.3, -0.25) is 0 Å². The van der Waals surface area contributed by atoms with Gasteiger partial charge in [-0.25, -0.2) is 0 Å². The van der Waals surface area contributed by atoms with E-state index in [1.165, 1.54) is 18.2 Å². The largest absolute Gasteiger partial charge is 0.488 e. The molecule has 0 saturated heterocycles. The summed E-state index contributed by atoms with van der Waals surface area (Å²) in [5.74, 6) is 0.768. The average molecular weight is 251 g/mol. The van der Waals surface area contributed by atoms with E-state index >= 15 is 0 Å². The van der Waals surface area contributed by atoms with Gasteiger partial charge in [-0.2, -0.15) is 0 Å². The smallest absolute Gasteiger partial charge is 0.120 e. The molecule has 0 unspecified atom stereocenters. The topological polar surface area (TPSA) is 35.2 Å². The third-order valence-corrected chi connectivity index (χ3v) is 2.93. The number of hydrogen-bond acceptors (Lipinski definition) is 2. The quantitative estimate of drug-likeness (QED) is 0.810. The molecule has 18 heavy (non-hydrogen) atoms. The molecule has 0 aliphatic carbocycles. The third kappa shape index (κ3) is 4.92. The van der Waals surface area contributed by atoms with E-state index in [4.69, 9.17) is 4.74 Å². The summed E-state index contributed by atoms with van der Waals surface area (Å²) in [4.78, 5) is 0. The van der Waals surface area contributed by atoms with Gasteiger partial charge in [0.2, 0.25) is 0 Å². The summed E-state index contributed by atoms with van der Waals surface area (Å²) in [6, 6.07) is 6.33. The molecule has 2 nitrogen and oxygen atoms in total. The Hall–Kier alpha value is -1.28. The highest BCUT2D eigenvalue weighted by molar-refractivity contribution is 5.61. The molecular weight excluding hydrogens is 222 g/mol. The van der Waals surface area contributed by atoms with Crippen LogP contribution in [0.3, 0.4) is 0 Å². The molecule has 2 N–H and O–H groups in total. The molecule has 1 aromatic carbocycles. The molecule has 0 atom stereocenters. The summed E-state index contributed by atoms with van der Waals surface area (Å²) >= 11 is 0.